The van der Waals surface area contributed by atoms with Gasteiger partial charge in [0.25, 0.3) is 0 Å². The van der Waals surface area contributed by atoms with Gasteiger partial charge in [0, 0.05) is 43.4 Å². The third-order valence-corrected chi connectivity index (χ3v) is 7.84. The van der Waals surface area contributed by atoms with Gasteiger partial charge in [0.05, 0.1) is 5.56 Å². The molecule has 10 nitrogen and oxygen atoms in total. The summed E-state index contributed by atoms with van der Waals surface area (Å²) in [5.74, 6) is 1.93. The van der Waals surface area contributed by atoms with Gasteiger partial charge in [-0.25, -0.2) is 19.6 Å². The van der Waals surface area contributed by atoms with E-state index in [0.717, 1.165) is 72.7 Å². The van der Waals surface area contributed by atoms with Crippen LogP contribution in [0.2, 0.25) is 0 Å². The first-order chi connectivity index (χ1) is 20.5. The lowest BCUT2D eigenvalue weighted by Gasteiger charge is -2.20. The number of carbonyl (C=O) groups excluding carboxylic acids is 1. The van der Waals surface area contributed by atoms with Crippen molar-refractivity contribution >= 4 is 22.9 Å². The van der Waals surface area contributed by atoms with E-state index in [1.807, 2.05) is 36.5 Å². The number of likely N-dealkylation sites (tertiary alicyclic amines) is 1. The molecule has 4 N–H and O–H groups in total. The summed E-state index contributed by atoms with van der Waals surface area (Å²) in [4.78, 5) is 27.1. The number of aryl methyl sites for hydroxylation is 2. The zero-order chi connectivity index (χ0) is 29.1. The van der Waals surface area contributed by atoms with Gasteiger partial charge in [0.1, 0.15) is 11.3 Å². The maximum atomic E-state index is 11.2. The number of imidazole rings is 1. The third kappa shape index (κ3) is 5.53. The lowest BCUT2D eigenvalue weighted by Crippen LogP contribution is -2.38. The number of fused-ring (bicyclic) bond motifs is 2. The van der Waals surface area contributed by atoms with Gasteiger partial charge in [-0.15, -0.1) is 0 Å². The Kier molecular flexibility index (Phi) is 7.78. The van der Waals surface area contributed by atoms with Crippen molar-refractivity contribution in [2.45, 2.75) is 44.6 Å². The Hall–Kier alpha value is -4.83. The second-order valence-electron chi connectivity index (χ2n) is 10.7. The van der Waals surface area contributed by atoms with Crippen LogP contribution in [0.25, 0.3) is 34.1 Å². The predicted molar refractivity (Wildman–Crippen MR) is 164 cm³/mol. The van der Waals surface area contributed by atoms with Crippen molar-refractivity contribution < 1.29 is 4.79 Å². The SMILES string of the molecule is C=CC(=O)N1CCCCC(N)C1.Nc1ncccc1-c1nc2ccc(-n3cccn3)nc2n1-c1ccc2c(c1)CCC2. The molecule has 1 aromatic carbocycles. The standard InChI is InChI=1S/C23H19N7.C9H16N2O/c24-21-18(6-2-11-25-21)22-27-19-9-10-20(29-13-3-12-26-29)28-23(19)30(22)17-8-7-15-4-1-5-16(15)14-17;1-2-9(12)11-6-4-3-5-8(10)7-11/h2-3,6-14H,1,4-5H2,(H2,24,25);2,8H,1,3-7,10H2. The van der Waals surface area contributed by atoms with Crippen LogP contribution in [0.4, 0.5) is 5.82 Å². The highest BCUT2D eigenvalue weighted by Gasteiger charge is 2.21. The number of hydrogen-bond acceptors (Lipinski definition) is 7. The van der Waals surface area contributed by atoms with Crippen molar-refractivity contribution in [1.82, 2.24) is 34.2 Å². The van der Waals surface area contributed by atoms with E-state index in [1.165, 1.54) is 23.6 Å². The minimum atomic E-state index is 0.00681. The zero-order valence-electron chi connectivity index (χ0n) is 23.6. The lowest BCUT2D eigenvalue weighted by atomic mass is 10.1. The largest absolute Gasteiger partial charge is 0.383 e. The van der Waals surface area contributed by atoms with Crippen LogP contribution < -0.4 is 11.5 Å². The fourth-order valence-electron chi connectivity index (χ4n) is 5.71. The Morgan fingerprint density at radius 3 is 2.69 bits per heavy atom. The molecule has 42 heavy (non-hydrogen) atoms. The Balaban J connectivity index is 0.000000223. The highest BCUT2D eigenvalue weighted by molar-refractivity contribution is 5.87. The van der Waals surface area contributed by atoms with Gasteiger partial charge < -0.3 is 16.4 Å². The highest BCUT2D eigenvalue weighted by atomic mass is 16.2. The number of carbonyl (C=O) groups is 1. The summed E-state index contributed by atoms with van der Waals surface area (Å²) in [6.45, 7) is 4.98. The molecule has 0 saturated carbocycles. The Morgan fingerprint density at radius 2 is 1.88 bits per heavy atom. The number of nitrogen functional groups attached to an aromatic ring is 1. The molecule has 1 saturated heterocycles. The maximum Gasteiger partial charge on any atom is 0.246 e. The maximum absolute atomic E-state index is 11.2. The molecule has 1 aliphatic heterocycles. The average molecular weight is 562 g/mol. The summed E-state index contributed by atoms with van der Waals surface area (Å²) >= 11 is 0. The first-order valence-corrected chi connectivity index (χ1v) is 14.4. The molecule has 1 unspecified atom stereocenters. The van der Waals surface area contributed by atoms with Crippen molar-refractivity contribution in [1.29, 1.82) is 0 Å². The van der Waals surface area contributed by atoms with Gasteiger partial charge in [0.2, 0.25) is 5.91 Å². The van der Waals surface area contributed by atoms with Crippen LogP contribution in [-0.2, 0) is 17.6 Å². The molecular weight excluding hydrogens is 526 g/mol. The third-order valence-electron chi connectivity index (χ3n) is 7.84. The Bertz CT molecular complexity index is 1720. The Labute approximate surface area is 244 Å². The molecule has 1 atom stereocenters. The summed E-state index contributed by atoms with van der Waals surface area (Å²) in [7, 11) is 0. The van der Waals surface area contributed by atoms with E-state index in [-0.39, 0.29) is 11.9 Å². The Morgan fingerprint density at radius 1 is 1.00 bits per heavy atom. The van der Waals surface area contributed by atoms with Gasteiger partial charge in [-0.1, -0.05) is 19.1 Å². The minimum absolute atomic E-state index is 0.00681. The van der Waals surface area contributed by atoms with Crippen LogP contribution in [0.15, 0.2) is 79.8 Å². The normalized spacial score (nSPS) is 16.4. The minimum Gasteiger partial charge on any atom is -0.383 e. The topological polar surface area (TPSA) is 134 Å². The summed E-state index contributed by atoms with van der Waals surface area (Å²) in [5, 5.41) is 4.32. The molecule has 7 rings (SSSR count). The van der Waals surface area contributed by atoms with Crippen LogP contribution in [0.1, 0.15) is 36.8 Å². The molecule has 0 spiro atoms. The lowest BCUT2D eigenvalue weighted by molar-refractivity contribution is -0.126. The molecule has 1 amide bonds. The van der Waals surface area contributed by atoms with Crippen LogP contribution in [0.5, 0.6) is 0 Å². The number of pyridine rings is 2. The molecule has 1 aliphatic carbocycles. The number of nitrogens with two attached hydrogens (primary N) is 2. The van der Waals surface area contributed by atoms with E-state index in [0.29, 0.717) is 12.4 Å². The van der Waals surface area contributed by atoms with Crippen molar-refractivity contribution in [3.63, 3.8) is 0 Å². The molecule has 2 aliphatic rings. The van der Waals surface area contributed by atoms with Crippen LogP contribution in [-0.4, -0.2) is 59.2 Å². The molecule has 5 aromatic rings. The average Bonchev–Trinajstić information content (AvgIpc) is 3.75. The number of rotatable bonds is 4. The predicted octanol–water partition coefficient (Wildman–Crippen LogP) is 4.25. The molecule has 10 heteroatoms. The fourth-order valence-corrected chi connectivity index (χ4v) is 5.71. The van der Waals surface area contributed by atoms with Crippen LogP contribution in [0, 0.1) is 0 Å². The number of benzene rings is 1. The van der Waals surface area contributed by atoms with E-state index < -0.39 is 0 Å². The molecular formula is C32H35N9O. The van der Waals surface area contributed by atoms with Gasteiger partial charge in [-0.05, 0) is 91.8 Å². The van der Waals surface area contributed by atoms with E-state index in [9.17, 15) is 4.79 Å². The second-order valence-corrected chi connectivity index (χ2v) is 10.7. The monoisotopic (exact) mass is 561 g/mol. The number of anilines is 1. The van der Waals surface area contributed by atoms with Crippen molar-refractivity contribution in [3.8, 4) is 22.9 Å². The molecule has 214 valence electrons. The van der Waals surface area contributed by atoms with Crippen molar-refractivity contribution in [2.75, 3.05) is 18.8 Å². The number of hydrogen-bond donors (Lipinski definition) is 2. The zero-order valence-corrected chi connectivity index (χ0v) is 23.6. The van der Waals surface area contributed by atoms with E-state index >= 15 is 0 Å². The summed E-state index contributed by atoms with van der Waals surface area (Å²) < 4.78 is 3.83. The van der Waals surface area contributed by atoms with Crippen molar-refractivity contribution in [3.05, 3.63) is 90.9 Å². The molecule has 4 aromatic heterocycles. The molecule has 0 bridgehead atoms. The van der Waals surface area contributed by atoms with Gasteiger partial charge in [0.15, 0.2) is 17.3 Å². The summed E-state index contributed by atoms with van der Waals surface area (Å²) in [6, 6.07) is 16.4. The van der Waals surface area contributed by atoms with E-state index in [1.54, 1.807) is 22.0 Å². The van der Waals surface area contributed by atoms with Crippen LogP contribution in [0.3, 0.4) is 0 Å². The quantitative estimate of drug-likeness (QED) is 0.313. The number of aromatic nitrogens is 6. The molecule has 1 fully saturated rings. The smallest absolute Gasteiger partial charge is 0.246 e. The van der Waals surface area contributed by atoms with Crippen LogP contribution >= 0.6 is 0 Å². The first-order valence-electron chi connectivity index (χ1n) is 14.4. The number of nitrogens with zero attached hydrogens (tertiary/aromatic N) is 7. The summed E-state index contributed by atoms with van der Waals surface area (Å²) in [5.41, 5.74) is 18.2. The van der Waals surface area contributed by atoms with Gasteiger partial charge in [-0.2, -0.15) is 5.10 Å². The number of amides is 1. The first kappa shape index (κ1) is 27.3. The fraction of sp³-hybridized carbons (Fsp3) is 0.281. The van der Waals surface area contributed by atoms with E-state index in [4.69, 9.17) is 21.4 Å². The van der Waals surface area contributed by atoms with Crippen molar-refractivity contribution in [2.24, 2.45) is 5.73 Å². The van der Waals surface area contributed by atoms with Gasteiger partial charge in [-0.3, -0.25) is 9.36 Å². The second kappa shape index (κ2) is 12.0. The molecule has 5 heterocycles. The highest BCUT2D eigenvalue weighted by Crippen LogP contribution is 2.32. The summed E-state index contributed by atoms with van der Waals surface area (Å²) in [6.07, 6.45) is 13.3. The van der Waals surface area contributed by atoms with Gasteiger partial charge >= 0.3 is 0 Å². The molecule has 0 radical (unpaired) electrons. The van der Waals surface area contributed by atoms with E-state index in [2.05, 4.69) is 39.4 Å².